The number of methoxy groups -OCH3 is 1. The largest absolute Gasteiger partial charge is 0.497 e. The van der Waals surface area contributed by atoms with Gasteiger partial charge in [0.05, 0.1) is 26.1 Å². The quantitative estimate of drug-likeness (QED) is 0.538. The molecule has 4 rings (SSSR count). The number of benzene rings is 3. The minimum Gasteiger partial charge on any atom is -0.497 e. The van der Waals surface area contributed by atoms with E-state index < -0.39 is 6.03 Å². The fourth-order valence-electron chi connectivity index (χ4n) is 3.93. The first-order valence-corrected chi connectivity index (χ1v) is 11.2. The van der Waals surface area contributed by atoms with Crippen LogP contribution in [0.5, 0.6) is 5.75 Å². The molecule has 0 aliphatic carbocycles. The lowest BCUT2D eigenvalue weighted by atomic mass is 10.0. The Kier molecular flexibility index (Phi) is 7.22. The SMILES string of the molecule is COc1ccc(CCNC(=O)c2cccc(CN3C(=O)C[C@@H](c4ccccc4)NC3=O)c2)cc1. The van der Waals surface area contributed by atoms with Gasteiger partial charge in [0.15, 0.2) is 0 Å². The first-order chi connectivity index (χ1) is 16.5. The van der Waals surface area contributed by atoms with Gasteiger partial charge in [-0.2, -0.15) is 0 Å². The van der Waals surface area contributed by atoms with Crippen molar-refractivity contribution in [2.45, 2.75) is 25.4 Å². The second-order valence-electron chi connectivity index (χ2n) is 8.15. The number of ether oxygens (including phenoxy) is 1. The van der Waals surface area contributed by atoms with Gasteiger partial charge in [0.1, 0.15) is 5.75 Å². The van der Waals surface area contributed by atoms with Crippen LogP contribution in [0.2, 0.25) is 0 Å². The Labute approximate surface area is 198 Å². The van der Waals surface area contributed by atoms with Crippen LogP contribution < -0.4 is 15.4 Å². The number of rotatable bonds is 8. The average molecular weight is 458 g/mol. The number of carbonyl (C=O) groups excluding carboxylic acids is 3. The lowest BCUT2D eigenvalue weighted by Crippen LogP contribution is -2.50. The van der Waals surface area contributed by atoms with Crippen LogP contribution in [0, 0.1) is 0 Å². The third-order valence-electron chi connectivity index (χ3n) is 5.81. The molecule has 7 heteroatoms. The summed E-state index contributed by atoms with van der Waals surface area (Å²) in [4.78, 5) is 39.2. The van der Waals surface area contributed by atoms with Crippen molar-refractivity contribution in [1.29, 1.82) is 0 Å². The zero-order valence-corrected chi connectivity index (χ0v) is 19.0. The van der Waals surface area contributed by atoms with E-state index in [1.165, 1.54) is 4.90 Å². The summed E-state index contributed by atoms with van der Waals surface area (Å²) in [5.74, 6) is 0.349. The number of nitrogens with one attached hydrogen (secondary N) is 2. The van der Waals surface area contributed by atoms with Gasteiger partial charge in [-0.25, -0.2) is 4.79 Å². The van der Waals surface area contributed by atoms with Crippen LogP contribution in [0.1, 0.15) is 39.5 Å². The van der Waals surface area contributed by atoms with Gasteiger partial charge in [-0.1, -0.05) is 54.6 Å². The molecule has 2 N–H and O–H groups in total. The molecule has 1 aliphatic heterocycles. The van der Waals surface area contributed by atoms with Crippen LogP contribution in [0.4, 0.5) is 4.79 Å². The molecular weight excluding hydrogens is 430 g/mol. The maximum Gasteiger partial charge on any atom is 0.324 e. The van der Waals surface area contributed by atoms with E-state index in [2.05, 4.69) is 10.6 Å². The van der Waals surface area contributed by atoms with E-state index in [0.717, 1.165) is 16.9 Å². The molecule has 0 unspecified atom stereocenters. The number of hydrogen-bond donors (Lipinski definition) is 2. The standard InChI is InChI=1S/C27H27N3O4/c1-34-23-12-10-19(11-13-23)14-15-28-26(32)22-9-5-6-20(16-22)18-30-25(31)17-24(29-27(30)33)21-7-3-2-4-8-21/h2-13,16,24H,14-15,17-18H2,1H3,(H,28,32)(H,29,33)/t24-/m0/s1. The maximum atomic E-state index is 12.7. The van der Waals surface area contributed by atoms with Gasteiger partial charge >= 0.3 is 6.03 Å². The molecule has 174 valence electrons. The molecule has 1 fully saturated rings. The smallest absolute Gasteiger partial charge is 0.324 e. The molecule has 3 aromatic rings. The molecular formula is C27H27N3O4. The van der Waals surface area contributed by atoms with E-state index in [-0.39, 0.29) is 30.8 Å². The molecule has 1 heterocycles. The van der Waals surface area contributed by atoms with Crippen LogP contribution in [0.15, 0.2) is 78.9 Å². The van der Waals surface area contributed by atoms with Gasteiger partial charge in [0.25, 0.3) is 5.91 Å². The van der Waals surface area contributed by atoms with Gasteiger partial charge in [-0.3, -0.25) is 14.5 Å². The lowest BCUT2D eigenvalue weighted by molar-refractivity contribution is -0.130. The molecule has 0 radical (unpaired) electrons. The Balaban J connectivity index is 1.33. The molecule has 1 saturated heterocycles. The highest BCUT2D eigenvalue weighted by molar-refractivity contribution is 5.97. The minimum atomic E-state index is -0.431. The molecule has 34 heavy (non-hydrogen) atoms. The van der Waals surface area contributed by atoms with Crippen LogP contribution >= 0.6 is 0 Å². The van der Waals surface area contributed by atoms with E-state index in [1.54, 1.807) is 31.4 Å². The third kappa shape index (κ3) is 5.61. The average Bonchev–Trinajstić information content (AvgIpc) is 2.87. The van der Waals surface area contributed by atoms with Crippen LogP contribution in [-0.4, -0.2) is 36.4 Å². The Hall–Kier alpha value is -4.13. The summed E-state index contributed by atoms with van der Waals surface area (Å²) < 4.78 is 5.15. The van der Waals surface area contributed by atoms with E-state index in [0.29, 0.717) is 24.1 Å². The zero-order chi connectivity index (χ0) is 23.9. The Bertz CT molecular complexity index is 1140. The van der Waals surface area contributed by atoms with Crippen LogP contribution in [0.3, 0.4) is 0 Å². The summed E-state index contributed by atoms with van der Waals surface area (Å²) in [6.45, 7) is 0.600. The van der Waals surface area contributed by atoms with Gasteiger partial charge < -0.3 is 15.4 Å². The normalized spacial score (nSPS) is 15.6. The molecule has 3 aromatic carbocycles. The molecule has 0 bridgehead atoms. The summed E-state index contributed by atoms with van der Waals surface area (Å²) in [6.07, 6.45) is 0.891. The van der Waals surface area contributed by atoms with E-state index >= 15 is 0 Å². The van der Waals surface area contributed by atoms with Gasteiger partial charge in [0, 0.05) is 12.1 Å². The summed E-state index contributed by atoms with van der Waals surface area (Å²) in [5, 5.41) is 5.82. The number of imide groups is 1. The fourth-order valence-corrected chi connectivity index (χ4v) is 3.93. The second-order valence-corrected chi connectivity index (χ2v) is 8.15. The van der Waals surface area contributed by atoms with Gasteiger partial charge in [-0.15, -0.1) is 0 Å². The molecule has 1 aliphatic rings. The summed E-state index contributed by atoms with van der Waals surface area (Å²) in [6, 6.07) is 23.4. The van der Waals surface area contributed by atoms with Crippen molar-refractivity contribution in [1.82, 2.24) is 15.5 Å². The highest BCUT2D eigenvalue weighted by Gasteiger charge is 2.32. The lowest BCUT2D eigenvalue weighted by Gasteiger charge is -2.31. The van der Waals surface area contributed by atoms with Crippen molar-refractivity contribution >= 4 is 17.8 Å². The number of urea groups is 1. The number of carbonyl (C=O) groups is 3. The molecule has 0 saturated carbocycles. The first kappa shape index (κ1) is 23.0. The van der Waals surface area contributed by atoms with E-state index in [4.69, 9.17) is 4.74 Å². The van der Waals surface area contributed by atoms with Crippen molar-refractivity contribution < 1.29 is 19.1 Å². The first-order valence-electron chi connectivity index (χ1n) is 11.2. The van der Waals surface area contributed by atoms with Crippen molar-refractivity contribution in [3.63, 3.8) is 0 Å². The highest BCUT2D eigenvalue weighted by Crippen LogP contribution is 2.23. The second kappa shape index (κ2) is 10.7. The predicted octanol–water partition coefficient (Wildman–Crippen LogP) is 3.85. The predicted molar refractivity (Wildman–Crippen MR) is 128 cm³/mol. The number of hydrogen-bond acceptors (Lipinski definition) is 4. The van der Waals surface area contributed by atoms with Gasteiger partial charge in [-0.05, 0) is 47.4 Å². The van der Waals surface area contributed by atoms with E-state index in [9.17, 15) is 14.4 Å². The zero-order valence-electron chi connectivity index (χ0n) is 19.0. The van der Waals surface area contributed by atoms with Gasteiger partial charge in [0.2, 0.25) is 5.91 Å². The maximum absolute atomic E-state index is 12.7. The minimum absolute atomic E-state index is 0.110. The molecule has 7 nitrogen and oxygen atoms in total. The molecule has 0 spiro atoms. The summed E-state index contributed by atoms with van der Waals surface area (Å²) >= 11 is 0. The van der Waals surface area contributed by atoms with Crippen molar-refractivity contribution in [2.75, 3.05) is 13.7 Å². The summed E-state index contributed by atoms with van der Waals surface area (Å²) in [7, 11) is 1.62. The summed E-state index contributed by atoms with van der Waals surface area (Å²) in [5.41, 5.74) is 3.19. The van der Waals surface area contributed by atoms with Crippen molar-refractivity contribution in [2.24, 2.45) is 0 Å². The highest BCUT2D eigenvalue weighted by atomic mass is 16.5. The fraction of sp³-hybridized carbons (Fsp3) is 0.222. The number of nitrogens with zero attached hydrogens (tertiary/aromatic N) is 1. The Morgan fingerprint density at radius 1 is 1.00 bits per heavy atom. The Morgan fingerprint density at radius 2 is 1.76 bits per heavy atom. The Morgan fingerprint density at radius 3 is 2.47 bits per heavy atom. The van der Waals surface area contributed by atoms with E-state index in [1.807, 2.05) is 54.6 Å². The van der Waals surface area contributed by atoms with Crippen molar-refractivity contribution in [3.8, 4) is 5.75 Å². The third-order valence-corrected chi connectivity index (χ3v) is 5.81. The van der Waals surface area contributed by atoms with Crippen LogP contribution in [-0.2, 0) is 17.8 Å². The number of amides is 4. The van der Waals surface area contributed by atoms with Crippen molar-refractivity contribution in [3.05, 3.63) is 101 Å². The topological polar surface area (TPSA) is 87.7 Å². The monoisotopic (exact) mass is 457 g/mol. The van der Waals surface area contributed by atoms with Crippen LogP contribution in [0.25, 0.3) is 0 Å². The molecule has 4 amide bonds. The molecule has 1 atom stereocenters. The molecule has 0 aromatic heterocycles.